The summed E-state index contributed by atoms with van der Waals surface area (Å²) in [5, 5.41) is 7.95. The predicted octanol–water partition coefficient (Wildman–Crippen LogP) is 5.29. The fourth-order valence-corrected chi connectivity index (χ4v) is 3.09. The van der Waals surface area contributed by atoms with Crippen LogP contribution in [0.1, 0.15) is 17.5 Å². The third-order valence-electron chi connectivity index (χ3n) is 3.53. The third kappa shape index (κ3) is 3.49. The van der Waals surface area contributed by atoms with Crippen LogP contribution in [0, 0.1) is 0 Å². The predicted molar refractivity (Wildman–Crippen MR) is 94.8 cm³/mol. The van der Waals surface area contributed by atoms with Crippen molar-refractivity contribution in [2.24, 2.45) is 0 Å². The maximum Gasteiger partial charge on any atom is 0.175 e. The summed E-state index contributed by atoms with van der Waals surface area (Å²) in [6.07, 6.45) is 3.56. The van der Waals surface area contributed by atoms with E-state index in [1.54, 1.807) is 18.2 Å². The average Bonchev–Trinajstić information content (AvgIpc) is 2.90. The van der Waals surface area contributed by atoms with E-state index in [1.807, 2.05) is 0 Å². The molecule has 0 aliphatic heterocycles. The molecule has 2 N–H and O–H groups in total. The van der Waals surface area contributed by atoms with Gasteiger partial charge in [0.25, 0.3) is 0 Å². The van der Waals surface area contributed by atoms with Crippen molar-refractivity contribution in [3.05, 3.63) is 57.6 Å². The molecule has 0 bridgehead atoms. The first-order valence-corrected chi connectivity index (χ1v) is 7.93. The highest BCUT2D eigenvalue weighted by molar-refractivity contribution is 7.80. The SMILES string of the molecule is S=C(Nc1ccc2c(c1)CCC2)Nc1cc(Cl)ccc1Cl. The molecule has 108 valence electrons. The number of rotatable bonds is 2. The molecule has 0 fully saturated rings. The lowest BCUT2D eigenvalue weighted by Gasteiger charge is -2.13. The van der Waals surface area contributed by atoms with Gasteiger partial charge in [0.05, 0.1) is 10.7 Å². The minimum Gasteiger partial charge on any atom is -0.332 e. The van der Waals surface area contributed by atoms with E-state index in [0.717, 1.165) is 12.1 Å². The molecular formula is C16H14Cl2N2S. The maximum atomic E-state index is 6.11. The van der Waals surface area contributed by atoms with Crippen LogP contribution in [0.3, 0.4) is 0 Å². The van der Waals surface area contributed by atoms with Crippen LogP contribution in [0.25, 0.3) is 0 Å². The maximum absolute atomic E-state index is 6.11. The second-order valence-corrected chi connectivity index (χ2v) is 6.29. The van der Waals surface area contributed by atoms with Crippen molar-refractivity contribution in [3.8, 4) is 0 Å². The van der Waals surface area contributed by atoms with E-state index < -0.39 is 0 Å². The van der Waals surface area contributed by atoms with Gasteiger partial charge in [-0.05, 0) is 72.9 Å². The Morgan fingerprint density at radius 1 is 0.952 bits per heavy atom. The molecule has 0 heterocycles. The summed E-state index contributed by atoms with van der Waals surface area (Å²) in [6.45, 7) is 0. The quantitative estimate of drug-likeness (QED) is 0.728. The summed E-state index contributed by atoms with van der Waals surface area (Å²) in [6, 6.07) is 11.6. The highest BCUT2D eigenvalue weighted by atomic mass is 35.5. The Balaban J connectivity index is 1.70. The molecule has 0 saturated carbocycles. The van der Waals surface area contributed by atoms with Crippen LogP contribution >= 0.6 is 35.4 Å². The van der Waals surface area contributed by atoms with Gasteiger partial charge in [0.15, 0.2) is 5.11 Å². The Bertz CT molecular complexity index is 701. The number of nitrogens with one attached hydrogen (secondary N) is 2. The number of thiocarbonyl (C=S) groups is 1. The van der Waals surface area contributed by atoms with Gasteiger partial charge >= 0.3 is 0 Å². The van der Waals surface area contributed by atoms with Crippen LogP contribution in [0.2, 0.25) is 10.0 Å². The smallest absolute Gasteiger partial charge is 0.175 e. The Morgan fingerprint density at radius 3 is 2.62 bits per heavy atom. The van der Waals surface area contributed by atoms with Crippen LogP contribution < -0.4 is 10.6 Å². The number of hydrogen-bond donors (Lipinski definition) is 2. The van der Waals surface area contributed by atoms with Crippen molar-refractivity contribution in [1.82, 2.24) is 0 Å². The molecular weight excluding hydrogens is 323 g/mol. The molecule has 1 aliphatic rings. The zero-order valence-corrected chi connectivity index (χ0v) is 13.6. The van der Waals surface area contributed by atoms with Crippen LogP contribution in [-0.4, -0.2) is 5.11 Å². The summed E-state index contributed by atoms with van der Waals surface area (Å²) < 4.78 is 0. The molecule has 0 amide bonds. The van der Waals surface area contributed by atoms with E-state index in [9.17, 15) is 0 Å². The molecule has 2 aromatic carbocycles. The average molecular weight is 337 g/mol. The van der Waals surface area contributed by atoms with Gasteiger partial charge in [-0.25, -0.2) is 0 Å². The van der Waals surface area contributed by atoms with Crippen LogP contribution in [-0.2, 0) is 12.8 Å². The summed E-state index contributed by atoms with van der Waals surface area (Å²) in [5.41, 5.74) is 4.54. The fraction of sp³-hybridized carbons (Fsp3) is 0.188. The molecule has 3 rings (SSSR count). The summed E-state index contributed by atoms with van der Waals surface area (Å²) in [4.78, 5) is 0. The normalized spacial score (nSPS) is 12.9. The van der Waals surface area contributed by atoms with Gasteiger partial charge in [-0.2, -0.15) is 0 Å². The zero-order valence-electron chi connectivity index (χ0n) is 11.2. The van der Waals surface area contributed by atoms with Crippen molar-refractivity contribution < 1.29 is 0 Å². The molecule has 0 unspecified atom stereocenters. The molecule has 2 nitrogen and oxygen atoms in total. The van der Waals surface area contributed by atoms with Gasteiger partial charge in [0, 0.05) is 10.7 Å². The Kier molecular flexibility index (Phi) is 4.34. The Hall–Kier alpha value is -1.29. The minimum absolute atomic E-state index is 0.497. The van der Waals surface area contributed by atoms with E-state index in [-0.39, 0.29) is 0 Å². The van der Waals surface area contributed by atoms with E-state index >= 15 is 0 Å². The molecule has 0 atom stereocenters. The van der Waals surface area contributed by atoms with Gasteiger partial charge in [-0.1, -0.05) is 29.3 Å². The van der Waals surface area contributed by atoms with Crippen LogP contribution in [0.5, 0.6) is 0 Å². The molecule has 0 radical (unpaired) electrons. The van der Waals surface area contributed by atoms with E-state index in [2.05, 4.69) is 28.8 Å². The van der Waals surface area contributed by atoms with Crippen molar-refractivity contribution in [2.45, 2.75) is 19.3 Å². The number of aryl methyl sites for hydroxylation is 2. The lowest BCUT2D eigenvalue weighted by molar-refractivity contribution is 0.912. The lowest BCUT2D eigenvalue weighted by atomic mass is 10.1. The first-order valence-electron chi connectivity index (χ1n) is 6.77. The van der Waals surface area contributed by atoms with E-state index in [0.29, 0.717) is 20.8 Å². The van der Waals surface area contributed by atoms with E-state index in [4.69, 9.17) is 35.4 Å². The number of anilines is 2. The lowest BCUT2D eigenvalue weighted by Crippen LogP contribution is -2.19. The monoisotopic (exact) mass is 336 g/mol. The standard InChI is InChI=1S/C16H14Cl2N2S/c17-12-5-7-14(18)15(9-12)20-16(21)19-13-6-4-10-2-1-3-11(10)8-13/h4-9H,1-3H2,(H2,19,20,21). The first-order chi connectivity index (χ1) is 10.1. The molecule has 5 heteroatoms. The van der Waals surface area contributed by atoms with Gasteiger partial charge in [-0.3, -0.25) is 0 Å². The molecule has 0 spiro atoms. The van der Waals surface area contributed by atoms with Crippen molar-refractivity contribution in [3.63, 3.8) is 0 Å². The van der Waals surface area contributed by atoms with E-state index in [1.165, 1.54) is 24.0 Å². The van der Waals surface area contributed by atoms with Crippen molar-refractivity contribution in [2.75, 3.05) is 10.6 Å². The summed E-state index contributed by atoms with van der Waals surface area (Å²) >= 11 is 17.4. The van der Waals surface area contributed by atoms with Gasteiger partial charge in [-0.15, -0.1) is 0 Å². The number of halogens is 2. The van der Waals surface area contributed by atoms with Crippen LogP contribution in [0.15, 0.2) is 36.4 Å². The van der Waals surface area contributed by atoms with Gasteiger partial charge < -0.3 is 10.6 Å². The molecule has 2 aromatic rings. The van der Waals surface area contributed by atoms with Crippen molar-refractivity contribution in [1.29, 1.82) is 0 Å². The second-order valence-electron chi connectivity index (χ2n) is 5.04. The van der Waals surface area contributed by atoms with Gasteiger partial charge in [0.2, 0.25) is 0 Å². The molecule has 0 aromatic heterocycles. The number of benzene rings is 2. The number of hydrogen-bond acceptors (Lipinski definition) is 1. The first kappa shape index (κ1) is 14.6. The Labute approximate surface area is 139 Å². The Morgan fingerprint density at radius 2 is 1.76 bits per heavy atom. The molecule has 21 heavy (non-hydrogen) atoms. The summed E-state index contributed by atoms with van der Waals surface area (Å²) in [5.74, 6) is 0. The topological polar surface area (TPSA) is 24.1 Å². The highest BCUT2D eigenvalue weighted by Gasteiger charge is 2.11. The van der Waals surface area contributed by atoms with Gasteiger partial charge in [0.1, 0.15) is 0 Å². The van der Waals surface area contributed by atoms with Crippen LogP contribution in [0.4, 0.5) is 11.4 Å². The largest absolute Gasteiger partial charge is 0.332 e. The third-order valence-corrected chi connectivity index (χ3v) is 4.30. The summed E-state index contributed by atoms with van der Waals surface area (Å²) in [7, 11) is 0. The minimum atomic E-state index is 0.497. The highest BCUT2D eigenvalue weighted by Crippen LogP contribution is 2.27. The number of fused-ring (bicyclic) bond motifs is 1. The fourth-order valence-electron chi connectivity index (χ4n) is 2.53. The second kappa shape index (κ2) is 6.22. The zero-order chi connectivity index (χ0) is 14.8. The molecule has 1 aliphatic carbocycles. The van der Waals surface area contributed by atoms with Crippen molar-refractivity contribution >= 4 is 51.9 Å². The molecule has 0 saturated heterocycles.